The van der Waals surface area contributed by atoms with Crippen molar-refractivity contribution in [3.05, 3.63) is 138 Å². The van der Waals surface area contributed by atoms with E-state index in [2.05, 4.69) is 147 Å². The number of allylic oxidation sites excluding steroid dienone is 4. The third-order valence-electron chi connectivity index (χ3n) is 8.56. The van der Waals surface area contributed by atoms with Crippen LogP contribution in [0.3, 0.4) is 0 Å². The molecule has 0 saturated carbocycles. The van der Waals surface area contributed by atoms with Crippen LogP contribution in [-0.4, -0.2) is 0 Å². The second-order valence-corrected chi connectivity index (χ2v) is 12.4. The number of fused-ring (bicyclic) bond motifs is 4. The smallest absolute Gasteiger partial charge is 0.0464 e. The molecule has 1 heterocycles. The summed E-state index contributed by atoms with van der Waals surface area (Å²) in [6.45, 7) is 6.65. The first-order valence-electron chi connectivity index (χ1n) is 14.3. The second-order valence-electron chi connectivity index (χ2n) is 11.3. The van der Waals surface area contributed by atoms with Crippen LogP contribution in [-0.2, 0) is 5.41 Å². The summed E-state index contributed by atoms with van der Waals surface area (Å²) < 4.78 is 2.64. The van der Waals surface area contributed by atoms with Gasteiger partial charge in [-0.3, -0.25) is 0 Å². The maximum Gasteiger partial charge on any atom is 0.0464 e. The minimum Gasteiger partial charge on any atom is -0.355 e. The molecule has 1 nitrogen and oxygen atoms in total. The largest absolute Gasteiger partial charge is 0.355 e. The molecule has 0 amide bonds. The van der Waals surface area contributed by atoms with E-state index in [4.69, 9.17) is 6.42 Å². The van der Waals surface area contributed by atoms with Gasteiger partial charge in [-0.15, -0.1) is 17.8 Å². The van der Waals surface area contributed by atoms with Gasteiger partial charge >= 0.3 is 0 Å². The molecule has 0 radical (unpaired) electrons. The number of anilines is 2. The van der Waals surface area contributed by atoms with Crippen LogP contribution in [0.15, 0.2) is 127 Å². The Bertz CT molecular complexity index is 2100. The second kappa shape index (κ2) is 10.2. The van der Waals surface area contributed by atoms with E-state index < -0.39 is 0 Å². The Kier molecular flexibility index (Phi) is 6.34. The highest BCUT2D eigenvalue weighted by Gasteiger charge is 2.37. The number of benzene rings is 5. The van der Waals surface area contributed by atoms with Gasteiger partial charge in [0.05, 0.1) is 0 Å². The lowest BCUT2D eigenvalue weighted by atomic mass is 9.82. The summed E-state index contributed by atoms with van der Waals surface area (Å²) in [5.41, 5.74) is 11.8. The van der Waals surface area contributed by atoms with Crippen LogP contribution < -0.4 is 5.32 Å². The Balaban J connectivity index is 1.36. The average molecular weight is 558 g/mol. The van der Waals surface area contributed by atoms with Crippen LogP contribution in [0.4, 0.5) is 11.4 Å². The molecule has 0 spiro atoms. The van der Waals surface area contributed by atoms with Gasteiger partial charge in [-0.2, -0.15) is 0 Å². The molecule has 1 aromatic heterocycles. The van der Waals surface area contributed by atoms with Gasteiger partial charge in [-0.25, -0.2) is 0 Å². The third-order valence-corrected chi connectivity index (χ3v) is 9.70. The normalized spacial score (nSPS) is 15.8. The third kappa shape index (κ3) is 4.17. The molecule has 0 saturated heterocycles. The zero-order valence-corrected chi connectivity index (χ0v) is 24.8. The lowest BCUT2D eigenvalue weighted by molar-refractivity contribution is 0.660. The monoisotopic (exact) mass is 557 g/mol. The molecular formula is C40H31NS. The number of rotatable bonds is 4. The van der Waals surface area contributed by atoms with Crippen molar-refractivity contribution in [1.29, 1.82) is 0 Å². The van der Waals surface area contributed by atoms with Crippen LogP contribution in [0, 0.1) is 12.3 Å². The molecule has 0 fully saturated rings. The fourth-order valence-electron chi connectivity index (χ4n) is 6.60. The summed E-state index contributed by atoms with van der Waals surface area (Å²) in [4.78, 5) is 0. The summed E-state index contributed by atoms with van der Waals surface area (Å²) in [7, 11) is 0. The van der Waals surface area contributed by atoms with E-state index in [1.165, 1.54) is 59.1 Å². The first-order valence-corrected chi connectivity index (χ1v) is 15.2. The lowest BCUT2D eigenvalue weighted by Crippen LogP contribution is -2.15. The van der Waals surface area contributed by atoms with Gasteiger partial charge in [0.15, 0.2) is 0 Å². The van der Waals surface area contributed by atoms with Crippen molar-refractivity contribution >= 4 is 48.5 Å². The van der Waals surface area contributed by atoms with Crippen molar-refractivity contribution in [1.82, 2.24) is 0 Å². The van der Waals surface area contributed by atoms with Crippen LogP contribution in [0.25, 0.3) is 48.0 Å². The Morgan fingerprint density at radius 2 is 1.52 bits per heavy atom. The highest BCUT2D eigenvalue weighted by molar-refractivity contribution is 7.25. The van der Waals surface area contributed by atoms with Gasteiger partial charge in [0, 0.05) is 42.5 Å². The molecule has 0 aliphatic heterocycles. The molecular weight excluding hydrogens is 527 g/mol. The highest BCUT2D eigenvalue weighted by Crippen LogP contribution is 2.50. The molecule has 0 atom stereocenters. The van der Waals surface area contributed by atoms with Crippen LogP contribution in [0.2, 0.25) is 0 Å². The molecule has 1 N–H and O–H groups in total. The molecule has 42 heavy (non-hydrogen) atoms. The average Bonchev–Trinajstić information content (AvgIpc) is 3.50. The van der Waals surface area contributed by atoms with Crippen molar-refractivity contribution in [3.63, 3.8) is 0 Å². The molecule has 0 unspecified atom stereocenters. The van der Waals surface area contributed by atoms with Gasteiger partial charge in [-0.05, 0) is 88.4 Å². The van der Waals surface area contributed by atoms with Gasteiger partial charge in [0.25, 0.3) is 0 Å². The number of nitrogens with one attached hydrogen (secondary N) is 1. The van der Waals surface area contributed by atoms with E-state index in [9.17, 15) is 0 Å². The Morgan fingerprint density at radius 1 is 0.738 bits per heavy atom. The molecule has 2 heteroatoms. The van der Waals surface area contributed by atoms with Crippen molar-refractivity contribution in [2.24, 2.45) is 0 Å². The van der Waals surface area contributed by atoms with E-state index in [1.807, 2.05) is 17.4 Å². The van der Waals surface area contributed by atoms with E-state index in [1.54, 1.807) is 0 Å². The summed E-state index contributed by atoms with van der Waals surface area (Å²) in [5.74, 6) is 2.75. The van der Waals surface area contributed by atoms with Crippen LogP contribution in [0.5, 0.6) is 0 Å². The fraction of sp³-hybridized carbons (Fsp3) is 0.100. The standard InChI is InChI=1S/C40H31NS/c1-5-13-30-31-22-21-28(25-35(31)40(3,4)34(30)6-2)41-36-23-20-27(24-33(36)26-14-8-7-9-15-26)29-17-12-19-38-39(29)32-16-10-11-18-37(32)42-38/h1,6-25,41H,2-4H3/b30-13?,34-6+. The summed E-state index contributed by atoms with van der Waals surface area (Å²) in [5, 5.41) is 6.43. The van der Waals surface area contributed by atoms with Crippen molar-refractivity contribution in [2.75, 3.05) is 5.32 Å². The Labute approximate surface area is 251 Å². The van der Waals surface area contributed by atoms with E-state index >= 15 is 0 Å². The number of thiophene rings is 1. The lowest BCUT2D eigenvalue weighted by Gasteiger charge is -2.22. The molecule has 6 aromatic rings. The zero-order chi connectivity index (χ0) is 28.8. The maximum atomic E-state index is 5.72. The van der Waals surface area contributed by atoms with Crippen molar-refractivity contribution < 1.29 is 0 Å². The quantitative estimate of drug-likeness (QED) is 0.213. The van der Waals surface area contributed by atoms with Gasteiger partial charge in [-0.1, -0.05) is 98.6 Å². The first-order chi connectivity index (χ1) is 20.5. The minimum atomic E-state index is -0.126. The SMILES string of the molecule is C#CC=C1/C(=C\C)C(C)(C)c2cc(Nc3ccc(-c4cccc5sc6ccccc6c45)cc3-c3ccccc3)ccc21. The summed E-state index contributed by atoms with van der Waals surface area (Å²) >= 11 is 1.86. The predicted molar refractivity (Wildman–Crippen MR) is 184 cm³/mol. The molecule has 5 aromatic carbocycles. The van der Waals surface area contributed by atoms with Gasteiger partial charge in [0.2, 0.25) is 0 Å². The summed E-state index contributed by atoms with van der Waals surface area (Å²) in [6.07, 6.45) is 9.81. The zero-order valence-electron chi connectivity index (χ0n) is 24.0. The van der Waals surface area contributed by atoms with Crippen LogP contribution in [0.1, 0.15) is 31.9 Å². The Morgan fingerprint density at radius 3 is 2.33 bits per heavy atom. The molecule has 1 aliphatic carbocycles. The number of terminal acetylenes is 1. The van der Waals surface area contributed by atoms with E-state index in [0.29, 0.717) is 0 Å². The fourth-order valence-corrected chi connectivity index (χ4v) is 7.74. The van der Waals surface area contributed by atoms with Gasteiger partial charge < -0.3 is 5.32 Å². The topological polar surface area (TPSA) is 12.0 Å². The van der Waals surface area contributed by atoms with Gasteiger partial charge in [0.1, 0.15) is 0 Å². The van der Waals surface area contributed by atoms with Crippen LogP contribution >= 0.6 is 11.3 Å². The molecule has 7 rings (SSSR count). The highest BCUT2D eigenvalue weighted by atomic mass is 32.1. The van der Waals surface area contributed by atoms with E-state index in [-0.39, 0.29) is 5.41 Å². The molecule has 1 aliphatic rings. The Hall–Kier alpha value is -4.84. The summed E-state index contributed by atoms with van der Waals surface area (Å²) in [6, 6.07) is 39.5. The van der Waals surface area contributed by atoms with E-state index in [0.717, 1.165) is 16.9 Å². The number of hydrogen-bond donors (Lipinski definition) is 1. The maximum absolute atomic E-state index is 5.72. The molecule has 202 valence electrons. The number of hydrogen-bond acceptors (Lipinski definition) is 2. The predicted octanol–water partition coefficient (Wildman–Crippen LogP) is 11.4. The van der Waals surface area contributed by atoms with Crippen molar-refractivity contribution in [3.8, 4) is 34.6 Å². The minimum absolute atomic E-state index is 0.126. The van der Waals surface area contributed by atoms with Crippen molar-refractivity contribution in [2.45, 2.75) is 26.2 Å². The molecule has 0 bridgehead atoms. The first kappa shape index (κ1) is 26.1.